The van der Waals surface area contributed by atoms with Crippen molar-refractivity contribution in [3.8, 4) is 0 Å². The average molecular weight is 246 g/mol. The zero-order valence-electron chi connectivity index (χ0n) is 10.1. The second kappa shape index (κ2) is 4.10. The summed E-state index contributed by atoms with van der Waals surface area (Å²) in [4.78, 5) is 24.6. The van der Waals surface area contributed by atoms with Crippen LogP contribution in [0.15, 0.2) is 24.3 Å². The molecule has 1 N–H and O–H groups in total. The van der Waals surface area contributed by atoms with E-state index in [-0.39, 0.29) is 18.2 Å². The number of nitrogens with zero attached hydrogens (tertiary/aromatic N) is 1. The Labute approximate surface area is 105 Å². The van der Waals surface area contributed by atoms with Gasteiger partial charge < -0.3 is 4.74 Å². The Balaban J connectivity index is 1.80. The van der Waals surface area contributed by atoms with Gasteiger partial charge in [0.15, 0.2) is 12.3 Å². The minimum absolute atomic E-state index is 0.329. The molecule has 0 spiro atoms. The van der Waals surface area contributed by atoms with Crippen molar-refractivity contribution in [1.82, 2.24) is 10.2 Å². The van der Waals surface area contributed by atoms with E-state index in [2.05, 4.69) is 12.2 Å². The topological polar surface area (TPSA) is 61.9 Å². The van der Waals surface area contributed by atoms with Gasteiger partial charge in [-0.1, -0.05) is 31.2 Å². The van der Waals surface area contributed by atoms with Crippen LogP contribution in [-0.4, -0.2) is 29.2 Å². The first-order valence-electron chi connectivity index (χ1n) is 6.04. The Kier molecular flexibility index (Phi) is 2.56. The first-order chi connectivity index (χ1) is 8.70. The van der Waals surface area contributed by atoms with Crippen LogP contribution in [0.2, 0.25) is 0 Å². The summed E-state index contributed by atoms with van der Waals surface area (Å²) in [6.07, 6.45) is 0.0622. The van der Waals surface area contributed by atoms with Crippen molar-refractivity contribution < 1.29 is 14.3 Å². The van der Waals surface area contributed by atoms with Gasteiger partial charge in [-0.15, -0.1) is 0 Å². The number of hydrogen-bond donors (Lipinski definition) is 1. The number of hydrogen-bond acceptors (Lipinski definition) is 3. The Morgan fingerprint density at radius 3 is 2.72 bits per heavy atom. The van der Waals surface area contributed by atoms with Crippen molar-refractivity contribution >= 4 is 11.9 Å². The van der Waals surface area contributed by atoms with Crippen molar-refractivity contribution in [2.24, 2.45) is 0 Å². The van der Waals surface area contributed by atoms with E-state index in [0.29, 0.717) is 6.54 Å². The van der Waals surface area contributed by atoms with Crippen LogP contribution in [0.4, 0.5) is 4.79 Å². The van der Waals surface area contributed by atoms with Gasteiger partial charge in [0.1, 0.15) is 0 Å². The average Bonchev–Trinajstić information content (AvgIpc) is 3.15. The monoisotopic (exact) mass is 246 g/mol. The lowest BCUT2D eigenvalue weighted by Crippen LogP contribution is -2.51. The number of nitrogens with one attached hydrogen (secondary N) is 1. The molecule has 0 radical (unpaired) electrons. The van der Waals surface area contributed by atoms with E-state index < -0.39 is 6.10 Å². The summed E-state index contributed by atoms with van der Waals surface area (Å²) in [6.45, 7) is 2.55. The van der Waals surface area contributed by atoms with E-state index in [9.17, 15) is 9.59 Å². The third-order valence-electron chi connectivity index (χ3n) is 3.36. The Morgan fingerprint density at radius 1 is 1.28 bits per heavy atom. The maximum atomic E-state index is 11.8. The summed E-state index contributed by atoms with van der Waals surface area (Å²) in [5.74, 6) is -0.329. The van der Waals surface area contributed by atoms with Crippen LogP contribution >= 0.6 is 0 Å². The number of benzene rings is 1. The van der Waals surface area contributed by atoms with Crippen molar-refractivity contribution in [2.45, 2.75) is 32.2 Å². The van der Waals surface area contributed by atoms with Crippen LogP contribution < -0.4 is 5.32 Å². The molecule has 0 bridgehead atoms. The summed E-state index contributed by atoms with van der Waals surface area (Å²) in [5, 5.41) is 2.30. The highest BCUT2D eigenvalue weighted by molar-refractivity contribution is 6.01. The predicted octanol–water partition coefficient (Wildman–Crippen LogP) is 1.03. The fourth-order valence-electron chi connectivity index (χ4n) is 2.30. The van der Waals surface area contributed by atoms with Gasteiger partial charge in [0.2, 0.25) is 0 Å². The number of ether oxygens (including phenoxy) is 1. The molecule has 2 unspecified atom stereocenters. The fraction of sp³-hybridized carbons (Fsp3) is 0.385. The number of carbonyl (C=O) groups is 2. The highest BCUT2D eigenvalue weighted by Crippen LogP contribution is 2.31. The van der Waals surface area contributed by atoms with Crippen molar-refractivity contribution in [3.63, 3.8) is 0 Å². The van der Waals surface area contributed by atoms with Crippen LogP contribution in [0.1, 0.15) is 18.1 Å². The molecule has 2 fully saturated rings. The minimum atomic E-state index is -0.475. The highest BCUT2D eigenvalue weighted by atomic mass is 16.6. The summed E-state index contributed by atoms with van der Waals surface area (Å²) in [6, 6.07) is 7.61. The first kappa shape index (κ1) is 11.2. The highest BCUT2D eigenvalue weighted by Gasteiger charge is 2.55. The molecule has 0 saturated carbocycles. The fourth-order valence-corrected chi connectivity index (χ4v) is 2.30. The van der Waals surface area contributed by atoms with Crippen LogP contribution in [0.5, 0.6) is 0 Å². The van der Waals surface area contributed by atoms with E-state index in [1.165, 1.54) is 5.56 Å². The molecule has 2 atom stereocenters. The third kappa shape index (κ3) is 1.76. The number of aryl methyl sites for hydroxylation is 1. The molecule has 2 aliphatic heterocycles. The van der Waals surface area contributed by atoms with Crippen LogP contribution in [0.3, 0.4) is 0 Å². The standard InChI is InChI=1S/C13H14N2O3/c1-2-8-5-3-4-6-9(8)7-15-12-10(18-12)11(16)14-13(15)17/h3-6,10,12H,2,7H2,1H3,(H,14,16,17). The third-order valence-corrected chi connectivity index (χ3v) is 3.36. The Morgan fingerprint density at radius 2 is 2.00 bits per heavy atom. The number of rotatable bonds is 3. The van der Waals surface area contributed by atoms with E-state index in [1.807, 2.05) is 24.3 Å². The molecule has 0 aromatic heterocycles. The van der Waals surface area contributed by atoms with Gasteiger partial charge in [-0.25, -0.2) is 4.79 Å². The van der Waals surface area contributed by atoms with E-state index in [4.69, 9.17) is 4.74 Å². The predicted molar refractivity (Wildman–Crippen MR) is 63.6 cm³/mol. The normalized spacial score (nSPS) is 25.7. The van der Waals surface area contributed by atoms with Gasteiger partial charge in [-0.05, 0) is 17.5 Å². The number of imide groups is 1. The molecule has 5 nitrogen and oxygen atoms in total. The lowest BCUT2D eigenvalue weighted by Gasteiger charge is -2.24. The Bertz CT molecular complexity index is 515. The van der Waals surface area contributed by atoms with E-state index in [1.54, 1.807) is 4.90 Å². The first-order valence-corrected chi connectivity index (χ1v) is 6.04. The van der Waals surface area contributed by atoms with Gasteiger partial charge in [0.25, 0.3) is 5.91 Å². The second-order valence-electron chi connectivity index (χ2n) is 4.49. The molecule has 94 valence electrons. The van der Waals surface area contributed by atoms with Gasteiger partial charge >= 0.3 is 6.03 Å². The second-order valence-corrected chi connectivity index (χ2v) is 4.49. The number of carbonyl (C=O) groups excluding carboxylic acids is 2. The lowest BCUT2D eigenvalue weighted by molar-refractivity contribution is -0.121. The quantitative estimate of drug-likeness (QED) is 0.810. The van der Waals surface area contributed by atoms with Gasteiger partial charge in [0, 0.05) is 0 Å². The molecule has 5 heteroatoms. The maximum absolute atomic E-state index is 11.8. The summed E-state index contributed by atoms with van der Waals surface area (Å²) < 4.78 is 5.21. The molecule has 3 rings (SSSR count). The number of fused-ring (bicyclic) bond motifs is 1. The molecule has 1 aromatic rings. The van der Waals surface area contributed by atoms with Crippen molar-refractivity contribution in [1.29, 1.82) is 0 Å². The largest absolute Gasteiger partial charge is 0.337 e. The Hall–Kier alpha value is -1.88. The van der Waals surface area contributed by atoms with Gasteiger partial charge in [0.05, 0.1) is 6.54 Å². The molecule has 1 aromatic carbocycles. The van der Waals surface area contributed by atoms with E-state index in [0.717, 1.165) is 12.0 Å². The molecule has 2 saturated heterocycles. The molecule has 2 heterocycles. The summed E-state index contributed by atoms with van der Waals surface area (Å²) in [7, 11) is 0. The lowest BCUT2D eigenvalue weighted by atomic mass is 10.0. The van der Waals surface area contributed by atoms with Gasteiger partial charge in [-0.3, -0.25) is 15.0 Å². The smallest absolute Gasteiger partial charge is 0.326 e. The minimum Gasteiger partial charge on any atom is -0.337 e. The number of urea groups is 1. The maximum Gasteiger partial charge on any atom is 0.326 e. The van der Waals surface area contributed by atoms with Crippen molar-refractivity contribution in [3.05, 3.63) is 35.4 Å². The van der Waals surface area contributed by atoms with Crippen LogP contribution in [0.25, 0.3) is 0 Å². The molecule has 2 aliphatic rings. The van der Waals surface area contributed by atoms with Crippen LogP contribution in [0, 0.1) is 0 Å². The van der Waals surface area contributed by atoms with Crippen LogP contribution in [-0.2, 0) is 22.5 Å². The number of amides is 3. The SMILES string of the molecule is CCc1ccccc1CN1C(=O)NC(=O)C2OC21. The van der Waals surface area contributed by atoms with Gasteiger partial charge in [-0.2, -0.15) is 0 Å². The molecule has 18 heavy (non-hydrogen) atoms. The number of epoxide rings is 1. The van der Waals surface area contributed by atoms with E-state index >= 15 is 0 Å². The summed E-state index contributed by atoms with van der Waals surface area (Å²) in [5.41, 5.74) is 2.30. The molecular weight excluding hydrogens is 232 g/mol. The molecule has 3 amide bonds. The molecular formula is C13H14N2O3. The molecule has 0 aliphatic carbocycles. The zero-order valence-corrected chi connectivity index (χ0v) is 10.1. The zero-order chi connectivity index (χ0) is 12.7. The van der Waals surface area contributed by atoms with Crippen molar-refractivity contribution in [2.75, 3.05) is 0 Å². The summed E-state index contributed by atoms with van der Waals surface area (Å²) >= 11 is 0.